The molecule has 0 aromatic carbocycles. The Labute approximate surface area is 99.6 Å². The fraction of sp³-hybridized carbons (Fsp3) is 0.500. The maximum atomic E-state index is 11.7. The van der Waals surface area contributed by atoms with E-state index < -0.39 is 0 Å². The van der Waals surface area contributed by atoms with Crippen LogP contribution in [-0.4, -0.2) is 14.8 Å². The fourth-order valence-corrected chi connectivity index (χ4v) is 2.11. The number of aromatic nitrogens is 3. The van der Waals surface area contributed by atoms with Crippen molar-refractivity contribution < 1.29 is 0 Å². The van der Waals surface area contributed by atoms with Crippen LogP contribution in [0.1, 0.15) is 38.3 Å². The molecule has 2 rings (SSSR count). The van der Waals surface area contributed by atoms with Gasteiger partial charge in [0, 0.05) is 17.5 Å². The number of nitrogens with two attached hydrogens (primary N) is 1. The van der Waals surface area contributed by atoms with Gasteiger partial charge >= 0.3 is 0 Å². The molecule has 92 valence electrons. The van der Waals surface area contributed by atoms with Crippen molar-refractivity contribution >= 4 is 11.0 Å². The van der Waals surface area contributed by atoms with E-state index in [0.717, 1.165) is 23.9 Å². The second-order valence-electron chi connectivity index (χ2n) is 4.19. The highest BCUT2D eigenvalue weighted by atomic mass is 16.1. The zero-order valence-corrected chi connectivity index (χ0v) is 10.2. The summed E-state index contributed by atoms with van der Waals surface area (Å²) in [7, 11) is 0. The predicted molar refractivity (Wildman–Crippen MR) is 67.9 cm³/mol. The molecule has 2 aromatic heterocycles. The molecule has 0 saturated carbocycles. The number of H-pyrrole nitrogens is 1. The average Bonchev–Trinajstić information content (AvgIpc) is 2.73. The SMILES string of the molecule is CCC(CC)n1ncc2cc(CN)c(=O)[nH]c21. The van der Waals surface area contributed by atoms with E-state index in [4.69, 9.17) is 5.73 Å². The number of nitrogens with zero attached hydrogens (tertiary/aromatic N) is 2. The van der Waals surface area contributed by atoms with Gasteiger partial charge in [-0.25, -0.2) is 4.68 Å². The topological polar surface area (TPSA) is 76.7 Å². The van der Waals surface area contributed by atoms with Crippen molar-refractivity contribution in [2.24, 2.45) is 5.73 Å². The van der Waals surface area contributed by atoms with Gasteiger partial charge in [-0.05, 0) is 18.9 Å². The third-order valence-electron chi connectivity index (χ3n) is 3.19. The molecule has 0 bridgehead atoms. The molecule has 3 N–H and O–H groups in total. The van der Waals surface area contributed by atoms with Crippen molar-refractivity contribution in [2.45, 2.75) is 39.3 Å². The van der Waals surface area contributed by atoms with Crippen LogP contribution in [0, 0.1) is 0 Å². The van der Waals surface area contributed by atoms with Crippen LogP contribution in [0.3, 0.4) is 0 Å². The number of aromatic amines is 1. The van der Waals surface area contributed by atoms with Gasteiger partial charge in [0.15, 0.2) is 0 Å². The molecule has 0 radical (unpaired) electrons. The van der Waals surface area contributed by atoms with Gasteiger partial charge < -0.3 is 10.7 Å². The fourth-order valence-electron chi connectivity index (χ4n) is 2.11. The molecule has 2 heterocycles. The quantitative estimate of drug-likeness (QED) is 0.842. The lowest BCUT2D eigenvalue weighted by atomic mass is 10.2. The molecule has 0 aliphatic heterocycles. The highest BCUT2D eigenvalue weighted by molar-refractivity contribution is 5.75. The van der Waals surface area contributed by atoms with Crippen LogP contribution in [0.2, 0.25) is 0 Å². The van der Waals surface area contributed by atoms with Crippen molar-refractivity contribution in [3.8, 4) is 0 Å². The summed E-state index contributed by atoms with van der Waals surface area (Å²) in [5, 5.41) is 5.30. The minimum absolute atomic E-state index is 0.118. The third-order valence-corrected chi connectivity index (χ3v) is 3.19. The van der Waals surface area contributed by atoms with Crippen LogP contribution < -0.4 is 11.3 Å². The van der Waals surface area contributed by atoms with Gasteiger partial charge in [-0.15, -0.1) is 0 Å². The minimum atomic E-state index is -0.118. The number of hydrogen-bond acceptors (Lipinski definition) is 3. The number of rotatable bonds is 4. The summed E-state index contributed by atoms with van der Waals surface area (Å²) < 4.78 is 1.90. The molecule has 0 atom stereocenters. The van der Waals surface area contributed by atoms with E-state index in [2.05, 4.69) is 23.9 Å². The van der Waals surface area contributed by atoms with Gasteiger partial charge in [0.1, 0.15) is 5.65 Å². The lowest BCUT2D eigenvalue weighted by Crippen LogP contribution is -2.17. The predicted octanol–water partition coefficient (Wildman–Crippen LogP) is 1.54. The third kappa shape index (κ3) is 1.98. The molecular weight excluding hydrogens is 216 g/mol. The Morgan fingerprint density at radius 2 is 2.18 bits per heavy atom. The summed E-state index contributed by atoms with van der Waals surface area (Å²) in [6.45, 7) is 4.49. The average molecular weight is 234 g/mol. The van der Waals surface area contributed by atoms with E-state index in [9.17, 15) is 4.79 Å². The highest BCUT2D eigenvalue weighted by Gasteiger charge is 2.12. The number of pyridine rings is 1. The molecule has 0 saturated heterocycles. The first-order chi connectivity index (χ1) is 8.21. The molecule has 0 aliphatic carbocycles. The molecule has 0 unspecified atom stereocenters. The minimum Gasteiger partial charge on any atom is -0.326 e. The van der Waals surface area contributed by atoms with Gasteiger partial charge in [-0.2, -0.15) is 5.10 Å². The van der Waals surface area contributed by atoms with E-state index in [1.165, 1.54) is 0 Å². The molecule has 0 spiro atoms. The summed E-state index contributed by atoms with van der Waals surface area (Å²) >= 11 is 0. The summed E-state index contributed by atoms with van der Waals surface area (Å²) in [5.41, 5.74) is 6.79. The Morgan fingerprint density at radius 3 is 2.76 bits per heavy atom. The Kier molecular flexibility index (Phi) is 3.28. The van der Waals surface area contributed by atoms with Crippen molar-refractivity contribution in [2.75, 3.05) is 0 Å². The lowest BCUT2D eigenvalue weighted by molar-refractivity contribution is 0.438. The van der Waals surface area contributed by atoms with Crippen LogP contribution >= 0.6 is 0 Å². The van der Waals surface area contributed by atoms with Gasteiger partial charge in [-0.3, -0.25) is 4.79 Å². The van der Waals surface area contributed by atoms with Crippen LogP contribution in [0.25, 0.3) is 11.0 Å². The van der Waals surface area contributed by atoms with Gasteiger partial charge in [0.25, 0.3) is 5.56 Å². The van der Waals surface area contributed by atoms with Crippen molar-refractivity contribution in [3.05, 3.63) is 28.2 Å². The first-order valence-corrected chi connectivity index (χ1v) is 6.00. The molecule has 0 aliphatic rings. The summed E-state index contributed by atoms with van der Waals surface area (Å²) in [6.07, 6.45) is 3.77. The van der Waals surface area contributed by atoms with Crippen LogP contribution in [-0.2, 0) is 6.54 Å². The highest BCUT2D eigenvalue weighted by Crippen LogP contribution is 2.20. The lowest BCUT2D eigenvalue weighted by Gasteiger charge is -2.13. The van der Waals surface area contributed by atoms with E-state index in [1.54, 1.807) is 6.20 Å². The van der Waals surface area contributed by atoms with E-state index in [0.29, 0.717) is 11.6 Å². The Hall–Kier alpha value is -1.62. The zero-order chi connectivity index (χ0) is 12.4. The second-order valence-corrected chi connectivity index (χ2v) is 4.19. The Morgan fingerprint density at radius 1 is 1.47 bits per heavy atom. The van der Waals surface area contributed by atoms with Gasteiger partial charge in [0.2, 0.25) is 0 Å². The summed E-state index contributed by atoms with van der Waals surface area (Å²) in [5.74, 6) is 0. The van der Waals surface area contributed by atoms with E-state index >= 15 is 0 Å². The summed E-state index contributed by atoms with van der Waals surface area (Å²) in [6, 6.07) is 2.15. The van der Waals surface area contributed by atoms with Crippen molar-refractivity contribution in [1.29, 1.82) is 0 Å². The Bertz CT molecular complexity index is 565. The smallest absolute Gasteiger partial charge is 0.254 e. The Balaban J connectivity index is 2.61. The maximum Gasteiger partial charge on any atom is 0.254 e. The largest absolute Gasteiger partial charge is 0.326 e. The molecule has 0 amide bonds. The number of nitrogens with one attached hydrogen (secondary N) is 1. The maximum absolute atomic E-state index is 11.7. The molecule has 17 heavy (non-hydrogen) atoms. The zero-order valence-electron chi connectivity index (χ0n) is 10.2. The summed E-state index contributed by atoms with van der Waals surface area (Å²) in [4.78, 5) is 14.6. The first kappa shape index (κ1) is 11.9. The second kappa shape index (κ2) is 4.71. The van der Waals surface area contributed by atoms with E-state index in [1.807, 2.05) is 10.7 Å². The first-order valence-electron chi connectivity index (χ1n) is 6.00. The van der Waals surface area contributed by atoms with Crippen LogP contribution in [0.5, 0.6) is 0 Å². The molecule has 5 nitrogen and oxygen atoms in total. The van der Waals surface area contributed by atoms with Gasteiger partial charge in [0.05, 0.1) is 12.2 Å². The normalized spacial score (nSPS) is 11.5. The number of fused-ring (bicyclic) bond motifs is 1. The molecular formula is C12H18N4O. The molecule has 2 aromatic rings. The van der Waals surface area contributed by atoms with Crippen LogP contribution in [0.4, 0.5) is 0 Å². The van der Waals surface area contributed by atoms with E-state index in [-0.39, 0.29) is 12.1 Å². The number of hydrogen-bond donors (Lipinski definition) is 2. The van der Waals surface area contributed by atoms with Crippen molar-refractivity contribution in [1.82, 2.24) is 14.8 Å². The van der Waals surface area contributed by atoms with Crippen LogP contribution in [0.15, 0.2) is 17.1 Å². The van der Waals surface area contributed by atoms with Gasteiger partial charge in [-0.1, -0.05) is 13.8 Å². The monoisotopic (exact) mass is 234 g/mol. The molecule has 0 fully saturated rings. The molecule has 5 heteroatoms. The standard InChI is InChI=1S/C12H18N4O/c1-3-10(4-2)16-11-9(7-14-16)5-8(6-13)12(17)15-11/h5,7,10H,3-4,6,13H2,1-2H3,(H,15,17). The van der Waals surface area contributed by atoms with Crippen molar-refractivity contribution in [3.63, 3.8) is 0 Å².